The van der Waals surface area contributed by atoms with Gasteiger partial charge in [-0.2, -0.15) is 0 Å². The Morgan fingerprint density at radius 3 is 2.67 bits per heavy atom. The number of rotatable bonds is 2. The van der Waals surface area contributed by atoms with Gasteiger partial charge in [0.2, 0.25) is 0 Å². The zero-order chi connectivity index (χ0) is 10.7. The van der Waals surface area contributed by atoms with Gasteiger partial charge in [0, 0.05) is 18.3 Å². The molecule has 0 saturated carbocycles. The number of benzene rings is 1. The van der Waals surface area contributed by atoms with Crippen molar-refractivity contribution in [2.24, 2.45) is 5.73 Å². The van der Waals surface area contributed by atoms with Crippen molar-refractivity contribution >= 4 is 0 Å². The standard InChI is InChI=1S/C13H14N2/c1-10-3-2-4-12(7-10)13-6-5-11(8-14)9-15-13/h2-7,9H,8,14H2,1H3. The van der Waals surface area contributed by atoms with Crippen LogP contribution in [-0.4, -0.2) is 4.98 Å². The summed E-state index contributed by atoms with van der Waals surface area (Å²) in [5.41, 5.74) is 9.98. The lowest BCUT2D eigenvalue weighted by atomic mass is 10.1. The Bertz CT molecular complexity index is 446. The van der Waals surface area contributed by atoms with Crippen LogP contribution in [0.5, 0.6) is 0 Å². The van der Waals surface area contributed by atoms with Gasteiger partial charge in [-0.1, -0.05) is 29.8 Å². The molecule has 1 aromatic carbocycles. The van der Waals surface area contributed by atoms with E-state index in [2.05, 4.69) is 30.1 Å². The molecular formula is C13H14N2. The minimum atomic E-state index is 0.543. The molecule has 1 heterocycles. The average Bonchev–Trinajstić information content (AvgIpc) is 2.29. The summed E-state index contributed by atoms with van der Waals surface area (Å²) < 4.78 is 0. The van der Waals surface area contributed by atoms with Crippen molar-refractivity contribution in [2.45, 2.75) is 13.5 Å². The van der Waals surface area contributed by atoms with E-state index in [1.54, 1.807) is 0 Å². The molecule has 2 heteroatoms. The number of pyridine rings is 1. The fourth-order valence-corrected chi connectivity index (χ4v) is 1.52. The van der Waals surface area contributed by atoms with Gasteiger partial charge >= 0.3 is 0 Å². The predicted molar refractivity (Wildman–Crippen MR) is 62.3 cm³/mol. The van der Waals surface area contributed by atoms with Crippen LogP contribution in [0.25, 0.3) is 11.3 Å². The first-order chi connectivity index (χ1) is 7.29. The van der Waals surface area contributed by atoms with Crippen molar-refractivity contribution in [3.05, 3.63) is 53.7 Å². The Morgan fingerprint density at radius 1 is 1.20 bits per heavy atom. The average molecular weight is 198 g/mol. The van der Waals surface area contributed by atoms with E-state index in [9.17, 15) is 0 Å². The smallest absolute Gasteiger partial charge is 0.0702 e. The van der Waals surface area contributed by atoms with E-state index >= 15 is 0 Å². The van der Waals surface area contributed by atoms with Crippen molar-refractivity contribution in [1.82, 2.24) is 4.98 Å². The zero-order valence-electron chi connectivity index (χ0n) is 8.77. The Labute approximate surface area is 89.8 Å². The van der Waals surface area contributed by atoms with E-state index in [0.717, 1.165) is 16.8 Å². The minimum absolute atomic E-state index is 0.543. The summed E-state index contributed by atoms with van der Waals surface area (Å²) in [6.45, 7) is 2.62. The summed E-state index contributed by atoms with van der Waals surface area (Å²) in [4.78, 5) is 4.38. The number of nitrogens with zero attached hydrogens (tertiary/aromatic N) is 1. The minimum Gasteiger partial charge on any atom is -0.326 e. The second-order valence-electron chi connectivity index (χ2n) is 3.63. The van der Waals surface area contributed by atoms with Gasteiger partial charge in [-0.05, 0) is 24.6 Å². The fraction of sp³-hybridized carbons (Fsp3) is 0.154. The highest BCUT2D eigenvalue weighted by molar-refractivity contribution is 5.59. The van der Waals surface area contributed by atoms with Crippen LogP contribution in [0.3, 0.4) is 0 Å². The number of nitrogens with two attached hydrogens (primary N) is 1. The van der Waals surface area contributed by atoms with Crippen LogP contribution in [0.1, 0.15) is 11.1 Å². The first kappa shape index (κ1) is 9.87. The van der Waals surface area contributed by atoms with Crippen molar-refractivity contribution in [3.63, 3.8) is 0 Å². The molecule has 15 heavy (non-hydrogen) atoms. The molecule has 0 fully saturated rings. The zero-order valence-corrected chi connectivity index (χ0v) is 8.77. The van der Waals surface area contributed by atoms with Crippen LogP contribution in [0.15, 0.2) is 42.6 Å². The van der Waals surface area contributed by atoms with E-state index < -0.39 is 0 Å². The lowest BCUT2D eigenvalue weighted by Crippen LogP contribution is -1.96. The molecule has 0 saturated heterocycles. The molecule has 76 valence electrons. The SMILES string of the molecule is Cc1cccc(-c2ccc(CN)cn2)c1. The Kier molecular flexibility index (Phi) is 2.79. The molecule has 0 spiro atoms. The molecule has 0 aliphatic heterocycles. The predicted octanol–water partition coefficient (Wildman–Crippen LogP) is 2.52. The third kappa shape index (κ3) is 2.22. The molecule has 2 nitrogen and oxygen atoms in total. The molecule has 2 aromatic rings. The van der Waals surface area contributed by atoms with Crippen LogP contribution in [0.2, 0.25) is 0 Å². The highest BCUT2D eigenvalue weighted by Crippen LogP contribution is 2.17. The van der Waals surface area contributed by atoms with Crippen molar-refractivity contribution in [2.75, 3.05) is 0 Å². The second-order valence-corrected chi connectivity index (χ2v) is 3.63. The maximum absolute atomic E-state index is 5.52. The summed E-state index contributed by atoms with van der Waals surface area (Å²) in [5, 5.41) is 0. The summed E-state index contributed by atoms with van der Waals surface area (Å²) >= 11 is 0. The first-order valence-electron chi connectivity index (χ1n) is 5.01. The summed E-state index contributed by atoms with van der Waals surface area (Å²) in [7, 11) is 0. The molecule has 0 radical (unpaired) electrons. The first-order valence-corrected chi connectivity index (χ1v) is 5.01. The van der Waals surface area contributed by atoms with Crippen LogP contribution in [0.4, 0.5) is 0 Å². The van der Waals surface area contributed by atoms with Crippen LogP contribution >= 0.6 is 0 Å². The second kappa shape index (κ2) is 4.24. The maximum Gasteiger partial charge on any atom is 0.0702 e. The van der Waals surface area contributed by atoms with Crippen molar-refractivity contribution in [3.8, 4) is 11.3 Å². The van der Waals surface area contributed by atoms with E-state index in [1.165, 1.54) is 5.56 Å². The van der Waals surface area contributed by atoms with E-state index in [-0.39, 0.29) is 0 Å². The third-order valence-electron chi connectivity index (χ3n) is 2.37. The molecule has 0 amide bonds. The van der Waals surface area contributed by atoms with Crippen LogP contribution in [0, 0.1) is 6.92 Å². The largest absolute Gasteiger partial charge is 0.326 e. The molecule has 0 aliphatic rings. The lowest BCUT2D eigenvalue weighted by Gasteiger charge is -2.02. The Morgan fingerprint density at radius 2 is 2.07 bits per heavy atom. The van der Waals surface area contributed by atoms with Crippen LogP contribution in [-0.2, 0) is 6.54 Å². The number of aromatic nitrogens is 1. The monoisotopic (exact) mass is 198 g/mol. The number of aryl methyl sites for hydroxylation is 1. The Hall–Kier alpha value is -1.67. The van der Waals surface area contributed by atoms with E-state index in [0.29, 0.717) is 6.54 Å². The fourth-order valence-electron chi connectivity index (χ4n) is 1.52. The normalized spacial score (nSPS) is 10.3. The maximum atomic E-state index is 5.52. The van der Waals surface area contributed by atoms with Crippen LogP contribution < -0.4 is 5.73 Å². The topological polar surface area (TPSA) is 38.9 Å². The van der Waals surface area contributed by atoms with Crippen molar-refractivity contribution in [1.29, 1.82) is 0 Å². The van der Waals surface area contributed by atoms with Crippen molar-refractivity contribution < 1.29 is 0 Å². The van der Waals surface area contributed by atoms with E-state index in [1.807, 2.05) is 24.4 Å². The summed E-state index contributed by atoms with van der Waals surface area (Å²) in [5.74, 6) is 0. The van der Waals surface area contributed by atoms with Gasteiger partial charge < -0.3 is 5.73 Å². The molecule has 2 rings (SSSR count). The Balaban J connectivity index is 2.37. The number of hydrogen-bond acceptors (Lipinski definition) is 2. The lowest BCUT2D eigenvalue weighted by molar-refractivity contribution is 1.05. The summed E-state index contributed by atoms with van der Waals surface area (Å²) in [6, 6.07) is 12.4. The molecular weight excluding hydrogens is 184 g/mol. The highest BCUT2D eigenvalue weighted by Gasteiger charge is 1.98. The van der Waals surface area contributed by atoms with Gasteiger partial charge in [-0.25, -0.2) is 0 Å². The van der Waals surface area contributed by atoms with Gasteiger partial charge in [0.15, 0.2) is 0 Å². The van der Waals surface area contributed by atoms with Gasteiger partial charge in [0.1, 0.15) is 0 Å². The highest BCUT2D eigenvalue weighted by atomic mass is 14.7. The summed E-state index contributed by atoms with van der Waals surface area (Å²) in [6.07, 6.45) is 1.83. The van der Waals surface area contributed by atoms with Gasteiger partial charge in [-0.3, -0.25) is 4.98 Å². The van der Waals surface area contributed by atoms with Gasteiger partial charge in [0.25, 0.3) is 0 Å². The van der Waals surface area contributed by atoms with Gasteiger partial charge in [-0.15, -0.1) is 0 Å². The molecule has 0 unspecified atom stereocenters. The molecule has 0 aliphatic carbocycles. The molecule has 0 bridgehead atoms. The quantitative estimate of drug-likeness (QED) is 0.805. The third-order valence-corrected chi connectivity index (χ3v) is 2.37. The molecule has 2 N–H and O–H groups in total. The van der Waals surface area contributed by atoms with E-state index in [4.69, 9.17) is 5.73 Å². The van der Waals surface area contributed by atoms with Gasteiger partial charge in [0.05, 0.1) is 5.69 Å². The number of hydrogen-bond donors (Lipinski definition) is 1. The molecule has 1 aromatic heterocycles. The molecule has 0 atom stereocenters.